The van der Waals surface area contributed by atoms with Crippen molar-refractivity contribution in [3.63, 3.8) is 0 Å². The van der Waals surface area contributed by atoms with Gasteiger partial charge in [0.1, 0.15) is 5.69 Å². The average molecular weight is 221 g/mol. The normalized spacial score (nSPS) is 16.5. The summed E-state index contributed by atoms with van der Waals surface area (Å²) in [6.07, 6.45) is 7.19. The highest BCUT2D eigenvalue weighted by Gasteiger charge is 2.10. The van der Waals surface area contributed by atoms with Crippen LogP contribution in [0, 0.1) is 0 Å². The van der Waals surface area contributed by atoms with E-state index in [0.717, 1.165) is 20.3 Å². The van der Waals surface area contributed by atoms with E-state index in [2.05, 4.69) is 27.7 Å². The lowest BCUT2D eigenvalue weighted by molar-refractivity contribution is 0.0595. The monoisotopic (exact) mass is 221 g/mol. The summed E-state index contributed by atoms with van der Waals surface area (Å²) in [7, 11) is 2.21. The van der Waals surface area contributed by atoms with Crippen molar-refractivity contribution in [2.75, 3.05) is 13.3 Å². The largest absolute Gasteiger partial charge is 0.464 e. The molecular weight excluding hydrogens is 209 g/mol. The second-order valence-electron chi connectivity index (χ2n) is 3.20. The van der Waals surface area contributed by atoms with Crippen LogP contribution in [0.1, 0.15) is 16.1 Å². The van der Waals surface area contributed by atoms with E-state index in [4.69, 9.17) is 0 Å². The number of hydrogen-bond acceptors (Lipinski definition) is 2. The third-order valence-corrected chi connectivity index (χ3v) is 3.20. The molecule has 0 saturated carbocycles. The molecule has 15 heavy (non-hydrogen) atoms. The fourth-order valence-electron chi connectivity index (χ4n) is 1.44. The topological polar surface area (TPSA) is 42.1 Å². The Hall–Kier alpha value is -1.34. The highest BCUT2D eigenvalue weighted by atomic mass is 31.1. The number of carbonyl (C=O) groups is 1. The molecule has 3 nitrogen and oxygen atoms in total. The van der Waals surface area contributed by atoms with Gasteiger partial charge in [-0.05, 0) is 17.8 Å². The third kappa shape index (κ3) is 2.18. The molecule has 1 aromatic heterocycles. The van der Waals surface area contributed by atoms with Gasteiger partial charge in [0.05, 0.1) is 7.11 Å². The molecule has 0 radical (unpaired) electrons. The number of allylic oxidation sites excluding steroid dienone is 3. The fraction of sp³-hybridized carbons (Fsp3) is 0.182. The standard InChI is InChI=1S/C11H12NO2P/c1-14-11(13)10-5-9(6-12-10)8-3-2-4-15-7-8/h2-3,5-7,12,15H,4H2,1H3. The first-order chi connectivity index (χ1) is 7.31. The van der Waals surface area contributed by atoms with Crippen LogP contribution >= 0.6 is 8.58 Å². The van der Waals surface area contributed by atoms with Crippen molar-refractivity contribution in [2.45, 2.75) is 0 Å². The zero-order valence-electron chi connectivity index (χ0n) is 8.41. The lowest BCUT2D eigenvalue weighted by Gasteiger charge is -2.03. The van der Waals surface area contributed by atoms with Crippen LogP contribution < -0.4 is 0 Å². The summed E-state index contributed by atoms with van der Waals surface area (Å²) in [5.41, 5.74) is 2.71. The first-order valence-corrected chi connectivity index (χ1v) is 5.97. The summed E-state index contributed by atoms with van der Waals surface area (Å²) in [5, 5.41) is 0. The van der Waals surface area contributed by atoms with E-state index in [0.29, 0.717) is 5.69 Å². The molecule has 0 saturated heterocycles. The predicted octanol–water partition coefficient (Wildman–Crippen LogP) is 2.39. The first kappa shape index (κ1) is 10.2. The summed E-state index contributed by atoms with van der Waals surface area (Å²) in [6, 6.07) is 1.82. The maximum atomic E-state index is 11.2. The number of rotatable bonds is 2. The van der Waals surface area contributed by atoms with E-state index >= 15 is 0 Å². The number of ether oxygens (including phenoxy) is 1. The van der Waals surface area contributed by atoms with Gasteiger partial charge in [-0.3, -0.25) is 0 Å². The molecule has 4 heteroatoms. The van der Waals surface area contributed by atoms with E-state index in [1.807, 2.05) is 12.3 Å². The van der Waals surface area contributed by atoms with Gasteiger partial charge in [0.2, 0.25) is 0 Å². The van der Waals surface area contributed by atoms with Gasteiger partial charge in [-0.2, -0.15) is 0 Å². The van der Waals surface area contributed by atoms with Gasteiger partial charge < -0.3 is 9.72 Å². The summed E-state index contributed by atoms with van der Waals surface area (Å²) < 4.78 is 4.63. The molecule has 0 spiro atoms. The first-order valence-electron chi connectivity index (χ1n) is 4.68. The molecule has 0 fully saturated rings. The second-order valence-corrected chi connectivity index (χ2v) is 4.31. The molecule has 0 bridgehead atoms. The second kappa shape index (κ2) is 4.45. The van der Waals surface area contributed by atoms with E-state index in [9.17, 15) is 4.79 Å². The van der Waals surface area contributed by atoms with Crippen molar-refractivity contribution >= 4 is 20.1 Å². The van der Waals surface area contributed by atoms with E-state index in [1.54, 1.807) is 0 Å². The van der Waals surface area contributed by atoms with Crippen molar-refractivity contribution in [1.82, 2.24) is 4.98 Å². The number of aromatic amines is 1. The van der Waals surface area contributed by atoms with Gasteiger partial charge in [0, 0.05) is 11.8 Å². The molecule has 2 rings (SSSR count). The molecule has 1 aromatic rings. The van der Waals surface area contributed by atoms with Crippen molar-refractivity contribution < 1.29 is 9.53 Å². The minimum atomic E-state index is -0.330. The smallest absolute Gasteiger partial charge is 0.354 e. The number of esters is 1. The Kier molecular flexibility index (Phi) is 3.02. The zero-order valence-corrected chi connectivity index (χ0v) is 9.41. The fourth-order valence-corrected chi connectivity index (χ4v) is 2.29. The molecule has 1 N–H and O–H groups in total. The summed E-state index contributed by atoms with van der Waals surface area (Å²) in [6.45, 7) is 0. The lowest BCUT2D eigenvalue weighted by Crippen LogP contribution is -2.00. The predicted molar refractivity (Wildman–Crippen MR) is 62.4 cm³/mol. The van der Waals surface area contributed by atoms with E-state index in [1.165, 1.54) is 12.7 Å². The molecule has 1 aliphatic rings. The molecule has 1 aliphatic heterocycles. The van der Waals surface area contributed by atoms with Gasteiger partial charge in [-0.25, -0.2) is 4.79 Å². The molecule has 0 aliphatic carbocycles. The van der Waals surface area contributed by atoms with Crippen LogP contribution in [0.4, 0.5) is 0 Å². The van der Waals surface area contributed by atoms with Gasteiger partial charge in [-0.15, -0.1) is 0 Å². The minimum absolute atomic E-state index is 0.330. The molecule has 1 unspecified atom stereocenters. The Morgan fingerprint density at radius 2 is 2.47 bits per heavy atom. The van der Waals surface area contributed by atoms with Crippen molar-refractivity contribution in [1.29, 1.82) is 0 Å². The zero-order chi connectivity index (χ0) is 10.7. The van der Waals surface area contributed by atoms with E-state index < -0.39 is 0 Å². The van der Waals surface area contributed by atoms with Crippen molar-refractivity contribution in [2.24, 2.45) is 0 Å². The van der Waals surface area contributed by atoms with Crippen molar-refractivity contribution in [3.05, 3.63) is 41.5 Å². The van der Waals surface area contributed by atoms with Gasteiger partial charge in [0.25, 0.3) is 0 Å². The lowest BCUT2D eigenvalue weighted by atomic mass is 10.1. The highest BCUT2D eigenvalue weighted by molar-refractivity contribution is 7.42. The number of carbonyl (C=O) groups excluding carboxylic acids is 1. The number of nitrogens with one attached hydrogen (secondary N) is 1. The van der Waals surface area contributed by atoms with Crippen molar-refractivity contribution in [3.8, 4) is 0 Å². The Labute approximate surface area is 90.0 Å². The molecule has 0 amide bonds. The highest BCUT2D eigenvalue weighted by Crippen LogP contribution is 2.28. The van der Waals surface area contributed by atoms with Gasteiger partial charge in [-0.1, -0.05) is 26.5 Å². The Morgan fingerprint density at radius 1 is 1.60 bits per heavy atom. The van der Waals surface area contributed by atoms with Crippen LogP contribution in [0.15, 0.2) is 30.2 Å². The molecular formula is C11H12NO2P. The van der Waals surface area contributed by atoms with Crippen LogP contribution in [0.5, 0.6) is 0 Å². The molecule has 78 valence electrons. The number of aromatic nitrogens is 1. The SMILES string of the molecule is COC(=O)c1cc(C2=CPCC=C2)c[nH]1. The van der Waals surface area contributed by atoms with Crippen LogP contribution in [-0.2, 0) is 4.74 Å². The number of hydrogen-bond donors (Lipinski definition) is 1. The Bertz CT molecular complexity index is 432. The van der Waals surface area contributed by atoms with Gasteiger partial charge in [0.15, 0.2) is 0 Å². The minimum Gasteiger partial charge on any atom is -0.464 e. The summed E-state index contributed by atoms with van der Waals surface area (Å²) >= 11 is 0. The maximum absolute atomic E-state index is 11.2. The molecule has 0 aromatic carbocycles. The summed E-state index contributed by atoms with van der Waals surface area (Å²) in [4.78, 5) is 14.1. The Morgan fingerprint density at radius 3 is 3.13 bits per heavy atom. The van der Waals surface area contributed by atoms with Gasteiger partial charge >= 0.3 is 5.97 Å². The van der Waals surface area contributed by atoms with E-state index in [-0.39, 0.29) is 5.97 Å². The average Bonchev–Trinajstić information content (AvgIpc) is 2.78. The third-order valence-electron chi connectivity index (χ3n) is 2.21. The molecule has 2 heterocycles. The number of methoxy groups -OCH3 is 1. The van der Waals surface area contributed by atoms with Crippen LogP contribution in [0.2, 0.25) is 0 Å². The maximum Gasteiger partial charge on any atom is 0.354 e. The summed E-state index contributed by atoms with van der Waals surface area (Å²) in [5.74, 6) is 1.87. The quantitative estimate of drug-likeness (QED) is 0.615. The molecule has 1 atom stereocenters. The van der Waals surface area contributed by atoms with Crippen LogP contribution in [-0.4, -0.2) is 24.2 Å². The Balaban J connectivity index is 2.23. The van der Waals surface area contributed by atoms with Crippen LogP contribution in [0.25, 0.3) is 5.57 Å². The number of H-pyrrole nitrogens is 1. The van der Waals surface area contributed by atoms with Crippen LogP contribution in [0.3, 0.4) is 0 Å².